The molecule has 2 N–H and O–H groups in total. The summed E-state index contributed by atoms with van der Waals surface area (Å²) >= 11 is 15.2. The van der Waals surface area contributed by atoms with Gasteiger partial charge >= 0.3 is 0 Å². The maximum atomic E-state index is 12.5. The Balaban J connectivity index is 1.70. The molecule has 0 spiro atoms. The van der Waals surface area contributed by atoms with Crippen molar-refractivity contribution in [2.45, 2.75) is 0 Å². The van der Waals surface area contributed by atoms with E-state index in [1.807, 2.05) is 0 Å². The van der Waals surface area contributed by atoms with Crippen molar-refractivity contribution < 1.29 is 9.59 Å². The number of aromatic nitrogens is 3. The van der Waals surface area contributed by atoms with E-state index >= 15 is 0 Å². The van der Waals surface area contributed by atoms with Gasteiger partial charge in [0.1, 0.15) is 10.3 Å². The summed E-state index contributed by atoms with van der Waals surface area (Å²) in [4.78, 5) is 28.7. The first-order chi connectivity index (χ1) is 12.9. The molecule has 3 rings (SSSR count). The zero-order valence-corrected chi connectivity index (χ0v) is 16.7. The Morgan fingerprint density at radius 2 is 1.96 bits per heavy atom. The number of nitrogens with zero attached hydrogens (tertiary/aromatic N) is 3. The van der Waals surface area contributed by atoms with Crippen LogP contribution in [0.25, 0.3) is 5.82 Å². The second-order valence-electron chi connectivity index (χ2n) is 5.31. The second-order valence-corrected chi connectivity index (χ2v) is 6.97. The first-order valence-corrected chi connectivity index (χ1v) is 9.19. The Morgan fingerprint density at radius 3 is 2.70 bits per heavy atom. The van der Waals surface area contributed by atoms with Crippen molar-refractivity contribution in [3.63, 3.8) is 0 Å². The summed E-state index contributed by atoms with van der Waals surface area (Å²) in [5, 5.41) is 10.2. The average molecular weight is 469 g/mol. The Labute approximate surface area is 172 Å². The van der Waals surface area contributed by atoms with Crippen LogP contribution in [0.2, 0.25) is 10.0 Å². The SMILES string of the molecule is O=C(CNC(=O)c1cc(Br)nn1-c1ncccc1Cl)Nc1cccc(Cl)c1. The number of carbonyl (C=O) groups is 2. The van der Waals surface area contributed by atoms with Gasteiger partial charge in [-0.15, -0.1) is 0 Å². The Morgan fingerprint density at radius 1 is 1.15 bits per heavy atom. The van der Waals surface area contributed by atoms with Gasteiger partial charge in [0.05, 0.1) is 11.6 Å². The number of rotatable bonds is 5. The summed E-state index contributed by atoms with van der Waals surface area (Å²) in [7, 11) is 0. The van der Waals surface area contributed by atoms with Gasteiger partial charge in [-0.25, -0.2) is 9.67 Å². The molecule has 27 heavy (non-hydrogen) atoms. The summed E-state index contributed by atoms with van der Waals surface area (Å²) in [5.41, 5.74) is 0.716. The van der Waals surface area contributed by atoms with Gasteiger partial charge in [0.15, 0.2) is 5.82 Å². The lowest BCUT2D eigenvalue weighted by molar-refractivity contribution is -0.115. The third-order valence-electron chi connectivity index (χ3n) is 3.37. The smallest absolute Gasteiger partial charge is 0.270 e. The molecular formula is C17H12BrCl2N5O2. The fraction of sp³-hybridized carbons (Fsp3) is 0.0588. The highest BCUT2D eigenvalue weighted by atomic mass is 79.9. The highest BCUT2D eigenvalue weighted by molar-refractivity contribution is 9.10. The molecule has 0 aliphatic rings. The highest BCUT2D eigenvalue weighted by Crippen LogP contribution is 2.21. The normalized spacial score (nSPS) is 10.5. The minimum absolute atomic E-state index is 0.179. The van der Waals surface area contributed by atoms with Gasteiger partial charge < -0.3 is 10.6 Å². The molecule has 0 saturated carbocycles. The lowest BCUT2D eigenvalue weighted by Crippen LogP contribution is -2.34. The highest BCUT2D eigenvalue weighted by Gasteiger charge is 2.19. The Bertz CT molecular complexity index is 1010. The molecule has 0 radical (unpaired) electrons. The average Bonchev–Trinajstić information content (AvgIpc) is 3.02. The number of amides is 2. The van der Waals surface area contributed by atoms with E-state index in [-0.39, 0.29) is 12.2 Å². The Hall–Kier alpha value is -2.42. The van der Waals surface area contributed by atoms with Gasteiger partial charge in [0.2, 0.25) is 5.91 Å². The maximum absolute atomic E-state index is 12.5. The van der Waals surface area contributed by atoms with E-state index < -0.39 is 11.8 Å². The van der Waals surface area contributed by atoms with Crippen LogP contribution in [-0.2, 0) is 4.79 Å². The second kappa shape index (κ2) is 8.51. The summed E-state index contributed by atoms with van der Waals surface area (Å²) in [5.74, 6) is -0.596. The van der Waals surface area contributed by atoms with Crippen LogP contribution in [0.3, 0.4) is 0 Å². The molecule has 0 bridgehead atoms. The Kier molecular flexibility index (Phi) is 6.10. The zero-order chi connectivity index (χ0) is 19.4. The lowest BCUT2D eigenvalue weighted by Gasteiger charge is -2.09. The topological polar surface area (TPSA) is 88.9 Å². The predicted octanol–water partition coefficient (Wildman–Crippen LogP) is 3.71. The third-order valence-corrected chi connectivity index (χ3v) is 4.29. The van der Waals surface area contributed by atoms with Crippen LogP contribution < -0.4 is 10.6 Å². The standard InChI is InChI=1S/C17H12BrCl2N5O2/c18-14-8-13(25(24-14)16-12(20)5-2-6-21-16)17(27)22-9-15(26)23-11-4-1-3-10(19)7-11/h1-8H,9H2,(H,22,27)(H,23,26). The van der Waals surface area contributed by atoms with Gasteiger partial charge in [-0.05, 0) is 46.3 Å². The number of nitrogens with one attached hydrogen (secondary N) is 2. The molecule has 0 aliphatic heterocycles. The number of halogens is 3. The summed E-state index contributed by atoms with van der Waals surface area (Å²) in [6.45, 7) is -0.232. The van der Waals surface area contributed by atoms with Crippen molar-refractivity contribution >= 4 is 56.6 Å². The van der Waals surface area contributed by atoms with E-state index in [9.17, 15) is 9.59 Å². The zero-order valence-electron chi connectivity index (χ0n) is 13.6. The molecule has 2 heterocycles. The van der Waals surface area contributed by atoms with E-state index in [4.69, 9.17) is 23.2 Å². The molecule has 0 saturated heterocycles. The van der Waals surface area contributed by atoms with Gasteiger partial charge in [-0.1, -0.05) is 29.3 Å². The van der Waals surface area contributed by atoms with Crippen LogP contribution in [0.4, 0.5) is 5.69 Å². The van der Waals surface area contributed by atoms with Crippen LogP contribution in [0.15, 0.2) is 53.3 Å². The van der Waals surface area contributed by atoms with E-state index in [0.717, 1.165) is 0 Å². The number of hydrogen-bond donors (Lipinski definition) is 2. The first kappa shape index (κ1) is 19.3. The summed E-state index contributed by atoms with van der Waals surface area (Å²) < 4.78 is 1.73. The van der Waals surface area contributed by atoms with Gasteiger partial charge in [-0.3, -0.25) is 9.59 Å². The van der Waals surface area contributed by atoms with Crippen LogP contribution in [0.1, 0.15) is 10.5 Å². The molecule has 3 aromatic rings. The maximum Gasteiger partial charge on any atom is 0.270 e. The van der Waals surface area contributed by atoms with E-state index in [1.54, 1.807) is 36.4 Å². The molecule has 0 fully saturated rings. The number of hydrogen-bond acceptors (Lipinski definition) is 4. The van der Waals surface area contributed by atoms with Crippen LogP contribution in [0, 0.1) is 0 Å². The van der Waals surface area contributed by atoms with Crippen molar-refractivity contribution in [2.75, 3.05) is 11.9 Å². The van der Waals surface area contributed by atoms with Crippen LogP contribution in [0.5, 0.6) is 0 Å². The largest absolute Gasteiger partial charge is 0.342 e. The lowest BCUT2D eigenvalue weighted by atomic mass is 10.3. The number of carbonyl (C=O) groups excluding carboxylic acids is 2. The molecule has 2 amide bonds. The van der Waals surface area contributed by atoms with E-state index in [1.165, 1.54) is 16.9 Å². The minimum Gasteiger partial charge on any atom is -0.342 e. The molecular weight excluding hydrogens is 457 g/mol. The van der Waals surface area contributed by atoms with Crippen molar-refractivity contribution in [1.29, 1.82) is 0 Å². The predicted molar refractivity (Wildman–Crippen MR) is 106 cm³/mol. The molecule has 7 nitrogen and oxygen atoms in total. The van der Waals surface area contributed by atoms with Crippen molar-refractivity contribution in [1.82, 2.24) is 20.1 Å². The van der Waals surface area contributed by atoms with Gasteiger partial charge in [0.25, 0.3) is 5.91 Å². The number of anilines is 1. The molecule has 10 heteroatoms. The van der Waals surface area contributed by atoms with Crippen molar-refractivity contribution in [3.8, 4) is 5.82 Å². The summed E-state index contributed by atoms with van der Waals surface area (Å²) in [6.07, 6.45) is 1.54. The molecule has 0 unspecified atom stereocenters. The number of benzene rings is 1. The third kappa shape index (κ3) is 4.85. The van der Waals surface area contributed by atoms with Crippen molar-refractivity contribution in [3.05, 3.63) is 69.0 Å². The van der Waals surface area contributed by atoms with E-state index in [2.05, 4.69) is 36.6 Å². The summed E-state index contributed by atoms with van der Waals surface area (Å²) in [6, 6.07) is 11.5. The number of pyridine rings is 1. The quantitative estimate of drug-likeness (QED) is 0.597. The van der Waals surface area contributed by atoms with Crippen molar-refractivity contribution in [2.24, 2.45) is 0 Å². The molecule has 0 atom stereocenters. The molecule has 2 aromatic heterocycles. The van der Waals surface area contributed by atoms with Gasteiger partial charge in [-0.2, -0.15) is 5.10 Å². The fourth-order valence-electron chi connectivity index (χ4n) is 2.23. The van der Waals surface area contributed by atoms with Crippen LogP contribution in [-0.4, -0.2) is 33.1 Å². The fourth-order valence-corrected chi connectivity index (χ4v) is 3.00. The minimum atomic E-state index is -0.504. The van der Waals surface area contributed by atoms with Crippen LogP contribution >= 0.6 is 39.1 Å². The van der Waals surface area contributed by atoms with Gasteiger partial charge in [0, 0.05) is 23.0 Å². The van der Waals surface area contributed by atoms with E-state index in [0.29, 0.717) is 26.2 Å². The molecule has 0 aliphatic carbocycles. The molecule has 138 valence electrons. The first-order valence-electron chi connectivity index (χ1n) is 7.64. The monoisotopic (exact) mass is 467 g/mol. The molecule has 1 aromatic carbocycles.